The van der Waals surface area contributed by atoms with E-state index < -0.39 is 29.2 Å². The Hall–Kier alpha value is -4.06. The number of ketones is 2. The van der Waals surface area contributed by atoms with Crippen molar-refractivity contribution in [3.8, 4) is 0 Å². The molecule has 3 aromatic carbocycles. The molecule has 0 aliphatic heterocycles. The number of benzene rings is 3. The third-order valence-electron chi connectivity index (χ3n) is 5.01. The first-order valence-electron chi connectivity index (χ1n) is 9.80. The standard InChI is InChI=1S/C26H21FO5/c1-16(28)17-7-5-9-19(13-17)25(21-11-3-4-12-22(21)27)20-10-6-8-18(14-20)23(29)15-24(30)26(31)32-2/h3-15,25,29H,1-2H3/b23-15-. The molecular formula is C26H21FO5. The van der Waals surface area contributed by atoms with E-state index in [1.807, 2.05) is 0 Å². The molecule has 0 aliphatic rings. The van der Waals surface area contributed by atoms with Crippen LogP contribution < -0.4 is 0 Å². The number of rotatable bonds is 7. The lowest BCUT2D eigenvalue weighted by atomic mass is 9.83. The van der Waals surface area contributed by atoms with E-state index in [-0.39, 0.29) is 11.3 Å². The summed E-state index contributed by atoms with van der Waals surface area (Å²) in [5, 5.41) is 10.4. The zero-order valence-corrected chi connectivity index (χ0v) is 17.5. The fraction of sp³-hybridized carbons (Fsp3) is 0.115. The predicted molar refractivity (Wildman–Crippen MR) is 118 cm³/mol. The molecule has 0 saturated heterocycles. The predicted octanol–water partition coefficient (Wildman–Crippen LogP) is 4.85. The normalized spacial score (nSPS) is 12.2. The quantitative estimate of drug-likeness (QED) is 0.144. The molecule has 0 bridgehead atoms. The Morgan fingerprint density at radius 1 is 0.906 bits per heavy atom. The molecule has 0 aromatic heterocycles. The van der Waals surface area contributed by atoms with Crippen molar-refractivity contribution < 1.29 is 28.6 Å². The highest BCUT2D eigenvalue weighted by atomic mass is 19.1. The fourth-order valence-corrected chi connectivity index (χ4v) is 3.44. The van der Waals surface area contributed by atoms with Gasteiger partial charge in [0.25, 0.3) is 5.78 Å². The molecule has 1 N–H and O–H groups in total. The van der Waals surface area contributed by atoms with Gasteiger partial charge in [-0.3, -0.25) is 9.59 Å². The van der Waals surface area contributed by atoms with Crippen molar-refractivity contribution in [2.24, 2.45) is 0 Å². The molecular weight excluding hydrogens is 411 g/mol. The van der Waals surface area contributed by atoms with Gasteiger partial charge in [0, 0.05) is 23.1 Å². The number of hydrogen-bond donors (Lipinski definition) is 1. The zero-order chi connectivity index (χ0) is 23.3. The molecule has 0 spiro atoms. The van der Waals surface area contributed by atoms with Gasteiger partial charge in [0.05, 0.1) is 7.11 Å². The Morgan fingerprint density at radius 2 is 1.50 bits per heavy atom. The van der Waals surface area contributed by atoms with Crippen molar-refractivity contribution in [3.05, 3.63) is 113 Å². The second-order valence-electron chi connectivity index (χ2n) is 7.15. The molecule has 0 amide bonds. The number of methoxy groups -OCH3 is 1. The van der Waals surface area contributed by atoms with Gasteiger partial charge in [-0.2, -0.15) is 0 Å². The molecule has 1 unspecified atom stereocenters. The molecule has 0 aliphatic carbocycles. The van der Waals surface area contributed by atoms with Crippen LogP contribution in [0.4, 0.5) is 4.39 Å². The molecule has 3 aromatic rings. The van der Waals surface area contributed by atoms with E-state index in [1.165, 1.54) is 13.0 Å². The molecule has 32 heavy (non-hydrogen) atoms. The number of carbonyl (C=O) groups is 3. The van der Waals surface area contributed by atoms with Crippen molar-refractivity contribution in [2.75, 3.05) is 7.11 Å². The molecule has 0 radical (unpaired) electrons. The first kappa shape index (κ1) is 22.6. The van der Waals surface area contributed by atoms with Crippen LogP contribution in [0.25, 0.3) is 5.76 Å². The molecule has 0 fully saturated rings. The van der Waals surface area contributed by atoms with Gasteiger partial charge in [-0.15, -0.1) is 0 Å². The number of hydrogen-bond acceptors (Lipinski definition) is 5. The lowest BCUT2D eigenvalue weighted by Gasteiger charge is -2.21. The molecule has 162 valence electrons. The number of aliphatic hydroxyl groups excluding tert-OH is 1. The van der Waals surface area contributed by atoms with Crippen molar-refractivity contribution in [3.63, 3.8) is 0 Å². The van der Waals surface area contributed by atoms with Crippen molar-refractivity contribution in [1.29, 1.82) is 0 Å². The summed E-state index contributed by atoms with van der Waals surface area (Å²) in [6.45, 7) is 1.46. The highest BCUT2D eigenvalue weighted by Gasteiger charge is 2.22. The summed E-state index contributed by atoms with van der Waals surface area (Å²) < 4.78 is 19.2. The summed E-state index contributed by atoms with van der Waals surface area (Å²) in [6, 6.07) is 19.8. The number of Topliss-reactive ketones (excluding diaryl/α,β-unsaturated/α-hetero) is 1. The number of esters is 1. The molecule has 1 atom stereocenters. The van der Waals surface area contributed by atoms with E-state index in [0.717, 1.165) is 13.2 Å². The van der Waals surface area contributed by atoms with Gasteiger partial charge >= 0.3 is 5.97 Å². The van der Waals surface area contributed by atoms with Crippen LogP contribution in [-0.2, 0) is 14.3 Å². The minimum absolute atomic E-state index is 0.116. The second-order valence-corrected chi connectivity index (χ2v) is 7.15. The maximum absolute atomic E-state index is 14.8. The van der Waals surface area contributed by atoms with Crippen molar-refractivity contribution >= 4 is 23.3 Å². The number of halogens is 1. The van der Waals surface area contributed by atoms with Crippen LogP contribution in [0, 0.1) is 5.82 Å². The van der Waals surface area contributed by atoms with E-state index in [4.69, 9.17) is 0 Å². The van der Waals surface area contributed by atoms with E-state index in [1.54, 1.807) is 66.7 Å². The second kappa shape index (κ2) is 9.83. The highest BCUT2D eigenvalue weighted by molar-refractivity contribution is 6.39. The Bertz CT molecular complexity index is 1210. The first-order chi connectivity index (χ1) is 15.3. The lowest BCUT2D eigenvalue weighted by molar-refractivity contribution is -0.149. The maximum atomic E-state index is 14.8. The van der Waals surface area contributed by atoms with Gasteiger partial charge < -0.3 is 9.84 Å². The van der Waals surface area contributed by atoms with Crippen LogP contribution >= 0.6 is 0 Å². The minimum Gasteiger partial charge on any atom is -0.507 e. The van der Waals surface area contributed by atoms with Crippen molar-refractivity contribution in [2.45, 2.75) is 12.8 Å². The smallest absolute Gasteiger partial charge is 0.378 e. The zero-order valence-electron chi connectivity index (χ0n) is 17.5. The number of aliphatic hydroxyl groups is 1. The average molecular weight is 432 g/mol. The molecule has 0 saturated carbocycles. The third-order valence-corrected chi connectivity index (χ3v) is 5.01. The van der Waals surface area contributed by atoms with Gasteiger partial charge in [0.15, 0.2) is 5.78 Å². The van der Waals surface area contributed by atoms with Crippen LogP contribution in [-0.4, -0.2) is 29.8 Å². The Labute approximate surface area is 184 Å². The van der Waals surface area contributed by atoms with Crippen molar-refractivity contribution in [1.82, 2.24) is 0 Å². The van der Waals surface area contributed by atoms with E-state index in [9.17, 15) is 23.9 Å². The van der Waals surface area contributed by atoms with Crippen LogP contribution in [0.1, 0.15) is 45.5 Å². The van der Waals surface area contributed by atoms with Gasteiger partial charge in [-0.05, 0) is 41.8 Å². The number of carbonyl (C=O) groups excluding carboxylic acids is 3. The summed E-state index contributed by atoms with van der Waals surface area (Å²) in [7, 11) is 1.07. The Kier molecular flexibility index (Phi) is 6.95. The summed E-state index contributed by atoms with van der Waals surface area (Å²) in [5.41, 5.74) is 2.46. The van der Waals surface area contributed by atoms with Gasteiger partial charge in [-0.1, -0.05) is 54.6 Å². The Balaban J connectivity index is 2.14. The molecule has 0 heterocycles. The van der Waals surface area contributed by atoms with Crippen LogP contribution in [0.2, 0.25) is 0 Å². The SMILES string of the molecule is COC(=O)C(=O)/C=C(\O)c1cccc(C(c2cccc(C(C)=O)c2)c2ccccc2F)c1. The molecule has 5 nitrogen and oxygen atoms in total. The summed E-state index contributed by atoms with van der Waals surface area (Å²) in [4.78, 5) is 35.0. The average Bonchev–Trinajstić information content (AvgIpc) is 2.80. The largest absolute Gasteiger partial charge is 0.507 e. The van der Waals surface area contributed by atoms with E-state index in [0.29, 0.717) is 22.3 Å². The third kappa shape index (κ3) is 4.98. The van der Waals surface area contributed by atoms with Gasteiger partial charge in [-0.25, -0.2) is 9.18 Å². The summed E-state index contributed by atoms with van der Waals surface area (Å²) in [6.07, 6.45) is 0.777. The number of ether oxygens (including phenoxy) is 1. The van der Waals surface area contributed by atoms with Crippen LogP contribution in [0.15, 0.2) is 78.9 Å². The minimum atomic E-state index is -1.10. The summed E-state index contributed by atoms with van der Waals surface area (Å²) >= 11 is 0. The van der Waals surface area contributed by atoms with Gasteiger partial charge in [0.2, 0.25) is 0 Å². The monoisotopic (exact) mass is 432 g/mol. The van der Waals surface area contributed by atoms with Crippen LogP contribution in [0.3, 0.4) is 0 Å². The van der Waals surface area contributed by atoms with E-state index >= 15 is 0 Å². The first-order valence-corrected chi connectivity index (χ1v) is 9.80. The molecule has 3 rings (SSSR count). The van der Waals surface area contributed by atoms with Gasteiger partial charge in [0.1, 0.15) is 11.6 Å². The highest BCUT2D eigenvalue weighted by Crippen LogP contribution is 2.35. The molecule has 6 heteroatoms. The summed E-state index contributed by atoms with van der Waals surface area (Å²) in [5.74, 6) is -3.65. The van der Waals surface area contributed by atoms with E-state index in [2.05, 4.69) is 4.74 Å². The fourth-order valence-electron chi connectivity index (χ4n) is 3.44. The van der Waals surface area contributed by atoms with Crippen LogP contribution in [0.5, 0.6) is 0 Å². The Morgan fingerprint density at radius 3 is 2.09 bits per heavy atom. The maximum Gasteiger partial charge on any atom is 0.378 e. The lowest BCUT2D eigenvalue weighted by Crippen LogP contribution is -2.13. The topological polar surface area (TPSA) is 80.7 Å².